The van der Waals surface area contributed by atoms with Crippen LogP contribution in [-0.2, 0) is 0 Å². The van der Waals surface area contributed by atoms with Crippen molar-refractivity contribution in [3.05, 3.63) is 35.4 Å². The monoisotopic (exact) mass is 309 g/mol. The molecule has 0 N–H and O–H groups in total. The van der Waals surface area contributed by atoms with Crippen molar-refractivity contribution < 1.29 is 0 Å². The predicted molar refractivity (Wildman–Crippen MR) is 96.2 cm³/mol. The molecule has 0 spiro atoms. The van der Waals surface area contributed by atoms with Crippen LogP contribution in [0.1, 0.15) is 88.7 Å². The quantitative estimate of drug-likeness (QED) is 0.630. The highest BCUT2D eigenvalue weighted by Gasteiger charge is 2.34. The fourth-order valence-corrected chi connectivity index (χ4v) is 4.92. The molecule has 0 amide bonds. The molecule has 0 aromatic heterocycles. The summed E-state index contributed by atoms with van der Waals surface area (Å²) in [5, 5.41) is 8.92. The van der Waals surface area contributed by atoms with Gasteiger partial charge >= 0.3 is 0 Å². The normalized spacial score (nSPS) is 34.7. The van der Waals surface area contributed by atoms with Gasteiger partial charge in [0.1, 0.15) is 0 Å². The minimum Gasteiger partial charge on any atom is -0.192 e. The van der Waals surface area contributed by atoms with E-state index in [-0.39, 0.29) is 0 Å². The van der Waals surface area contributed by atoms with Crippen LogP contribution in [0.3, 0.4) is 0 Å². The Morgan fingerprint density at radius 2 is 1.52 bits per heavy atom. The fourth-order valence-electron chi connectivity index (χ4n) is 4.92. The van der Waals surface area contributed by atoms with Gasteiger partial charge in [0, 0.05) is 0 Å². The topological polar surface area (TPSA) is 23.8 Å². The number of rotatable bonds is 3. The van der Waals surface area contributed by atoms with Crippen LogP contribution in [-0.4, -0.2) is 0 Å². The van der Waals surface area contributed by atoms with Crippen molar-refractivity contribution in [3.8, 4) is 6.07 Å². The molecule has 2 saturated carbocycles. The summed E-state index contributed by atoms with van der Waals surface area (Å²) in [4.78, 5) is 0. The lowest BCUT2D eigenvalue weighted by atomic mass is 9.64. The van der Waals surface area contributed by atoms with E-state index in [0.717, 1.165) is 23.3 Å². The molecular weight excluding hydrogens is 278 g/mol. The molecule has 1 heteroatoms. The predicted octanol–water partition coefficient (Wildman–Crippen LogP) is 6.44. The van der Waals surface area contributed by atoms with Gasteiger partial charge in [-0.2, -0.15) is 5.26 Å². The summed E-state index contributed by atoms with van der Waals surface area (Å²) >= 11 is 0. The Morgan fingerprint density at radius 1 is 0.957 bits per heavy atom. The van der Waals surface area contributed by atoms with Gasteiger partial charge in [-0.15, -0.1) is 0 Å². The average Bonchev–Trinajstić information content (AvgIpc) is 2.63. The van der Waals surface area contributed by atoms with Gasteiger partial charge in [0.15, 0.2) is 0 Å². The molecule has 0 heterocycles. The van der Waals surface area contributed by atoms with Crippen LogP contribution in [0.2, 0.25) is 0 Å². The van der Waals surface area contributed by atoms with Crippen LogP contribution in [0.15, 0.2) is 24.3 Å². The molecule has 2 aliphatic rings. The minimum absolute atomic E-state index is 0.635. The van der Waals surface area contributed by atoms with E-state index in [1.165, 1.54) is 63.4 Å². The van der Waals surface area contributed by atoms with E-state index in [4.69, 9.17) is 5.26 Å². The second-order valence-electron chi connectivity index (χ2n) is 8.35. The van der Waals surface area contributed by atoms with E-state index in [0.29, 0.717) is 5.41 Å². The van der Waals surface area contributed by atoms with Gasteiger partial charge in [-0.25, -0.2) is 0 Å². The first-order chi connectivity index (χ1) is 11.1. The van der Waals surface area contributed by atoms with Crippen LogP contribution >= 0.6 is 0 Å². The van der Waals surface area contributed by atoms with Crippen LogP contribution < -0.4 is 0 Å². The van der Waals surface area contributed by atoms with Crippen molar-refractivity contribution in [1.29, 1.82) is 5.26 Å². The van der Waals surface area contributed by atoms with Crippen molar-refractivity contribution >= 4 is 0 Å². The average molecular weight is 309 g/mol. The lowest BCUT2D eigenvalue weighted by Gasteiger charge is -2.42. The largest absolute Gasteiger partial charge is 0.192 e. The van der Waals surface area contributed by atoms with E-state index in [2.05, 4.69) is 32.0 Å². The van der Waals surface area contributed by atoms with E-state index in [1.54, 1.807) is 0 Å². The molecular formula is C22H31N. The van der Waals surface area contributed by atoms with Crippen molar-refractivity contribution in [1.82, 2.24) is 0 Å². The molecule has 1 nitrogen and oxygen atoms in total. The van der Waals surface area contributed by atoms with Crippen molar-refractivity contribution in [2.75, 3.05) is 0 Å². The Labute approximate surface area is 142 Å². The molecule has 1 aromatic carbocycles. The van der Waals surface area contributed by atoms with Gasteiger partial charge in [-0.3, -0.25) is 0 Å². The third-order valence-electron chi connectivity index (χ3n) is 7.04. The summed E-state index contributed by atoms with van der Waals surface area (Å²) in [6.45, 7) is 4.86. The highest BCUT2D eigenvalue weighted by Crippen LogP contribution is 2.47. The molecule has 1 aromatic rings. The zero-order valence-electron chi connectivity index (χ0n) is 14.9. The lowest BCUT2D eigenvalue weighted by Crippen LogP contribution is -2.29. The minimum atomic E-state index is 0.635. The third-order valence-corrected chi connectivity index (χ3v) is 7.04. The molecule has 0 aliphatic heterocycles. The first kappa shape index (κ1) is 16.6. The Balaban J connectivity index is 1.51. The molecule has 0 unspecified atom stereocenters. The maximum atomic E-state index is 8.92. The van der Waals surface area contributed by atoms with E-state index < -0.39 is 0 Å². The summed E-state index contributed by atoms with van der Waals surface area (Å²) in [6, 6.07) is 10.5. The molecule has 3 rings (SSSR count). The second kappa shape index (κ2) is 7.08. The number of hydrogen-bond acceptors (Lipinski definition) is 1. The second-order valence-corrected chi connectivity index (χ2v) is 8.35. The Hall–Kier alpha value is -1.29. The maximum absolute atomic E-state index is 8.92. The van der Waals surface area contributed by atoms with Crippen LogP contribution in [0, 0.1) is 28.6 Å². The standard InChI is InChI=1S/C22H31N/c1-3-22(2)14-12-21(13-15-22)20-10-8-19(9-11-20)18-6-4-17(16-23)5-7-18/h4-7,19-21H,3,8-15H2,1-2H3/t19?,20?,21-,22-. The molecule has 2 aliphatic carbocycles. The molecule has 0 radical (unpaired) electrons. The Morgan fingerprint density at radius 3 is 2.04 bits per heavy atom. The molecule has 0 saturated heterocycles. The first-order valence-electron chi connectivity index (χ1n) is 9.63. The van der Waals surface area contributed by atoms with E-state index >= 15 is 0 Å². The highest BCUT2D eigenvalue weighted by molar-refractivity contribution is 5.33. The van der Waals surface area contributed by atoms with Crippen molar-refractivity contribution in [2.45, 2.75) is 77.6 Å². The summed E-state index contributed by atoms with van der Waals surface area (Å²) in [7, 11) is 0. The summed E-state index contributed by atoms with van der Waals surface area (Å²) in [5.41, 5.74) is 2.86. The number of benzene rings is 1. The molecule has 0 atom stereocenters. The SMILES string of the molecule is CC[C@]1(C)CC[C@@H](C2CCC(c3ccc(C#N)cc3)CC2)CC1. The van der Waals surface area contributed by atoms with Crippen LogP contribution in [0.4, 0.5) is 0 Å². The number of hydrogen-bond donors (Lipinski definition) is 0. The number of nitriles is 1. The molecule has 23 heavy (non-hydrogen) atoms. The van der Waals surface area contributed by atoms with Gasteiger partial charge in [0.05, 0.1) is 11.6 Å². The van der Waals surface area contributed by atoms with E-state index in [9.17, 15) is 0 Å². The lowest BCUT2D eigenvalue weighted by molar-refractivity contribution is 0.108. The van der Waals surface area contributed by atoms with Crippen LogP contribution in [0.5, 0.6) is 0 Å². The molecule has 2 fully saturated rings. The van der Waals surface area contributed by atoms with Gasteiger partial charge in [-0.1, -0.05) is 32.4 Å². The zero-order valence-corrected chi connectivity index (χ0v) is 14.9. The van der Waals surface area contributed by atoms with Gasteiger partial charge in [0.25, 0.3) is 0 Å². The summed E-state index contributed by atoms with van der Waals surface area (Å²) in [6.07, 6.45) is 12.7. The summed E-state index contributed by atoms with van der Waals surface area (Å²) < 4.78 is 0. The van der Waals surface area contributed by atoms with Crippen molar-refractivity contribution in [3.63, 3.8) is 0 Å². The van der Waals surface area contributed by atoms with Crippen molar-refractivity contribution in [2.24, 2.45) is 17.3 Å². The fraction of sp³-hybridized carbons (Fsp3) is 0.682. The van der Waals surface area contributed by atoms with Gasteiger partial charge < -0.3 is 0 Å². The van der Waals surface area contributed by atoms with Gasteiger partial charge in [0.2, 0.25) is 0 Å². The number of nitrogens with zero attached hydrogens (tertiary/aromatic N) is 1. The van der Waals surface area contributed by atoms with E-state index in [1.807, 2.05) is 12.1 Å². The Bertz CT molecular complexity index is 534. The van der Waals surface area contributed by atoms with Crippen LogP contribution in [0.25, 0.3) is 0 Å². The summed E-state index contributed by atoms with van der Waals surface area (Å²) in [5.74, 6) is 2.70. The zero-order chi connectivity index (χ0) is 16.3. The smallest absolute Gasteiger partial charge is 0.0991 e. The Kier molecular flexibility index (Phi) is 5.10. The first-order valence-corrected chi connectivity index (χ1v) is 9.63. The molecule has 0 bridgehead atoms. The highest BCUT2D eigenvalue weighted by atomic mass is 14.4. The van der Waals surface area contributed by atoms with Gasteiger partial charge in [-0.05, 0) is 92.2 Å². The molecule has 124 valence electrons. The maximum Gasteiger partial charge on any atom is 0.0991 e. The third kappa shape index (κ3) is 3.79.